The zero-order valence-corrected chi connectivity index (χ0v) is 10.3. The second-order valence-corrected chi connectivity index (χ2v) is 4.25. The Bertz CT molecular complexity index is 339. The molecule has 2 N–H and O–H groups in total. The van der Waals surface area contributed by atoms with Gasteiger partial charge in [-0.15, -0.1) is 5.10 Å². The van der Waals surface area contributed by atoms with Gasteiger partial charge in [-0.2, -0.15) is 5.10 Å². The van der Waals surface area contributed by atoms with Gasteiger partial charge in [0.1, 0.15) is 0 Å². The quantitative estimate of drug-likeness (QED) is 0.843. The van der Waals surface area contributed by atoms with Gasteiger partial charge in [-0.05, 0) is 31.9 Å². The topological polar surface area (TPSA) is 64.3 Å². The van der Waals surface area contributed by atoms with Crippen LogP contribution in [0.3, 0.4) is 0 Å². The Kier molecular flexibility index (Phi) is 4.28. The average Bonchev–Trinajstić information content (AvgIpc) is 2.40. The first-order valence-electron chi connectivity index (χ1n) is 6.22. The highest BCUT2D eigenvalue weighted by atomic mass is 16.5. The highest BCUT2D eigenvalue weighted by Crippen LogP contribution is 2.18. The minimum absolute atomic E-state index is 0.324. The molecule has 2 rings (SSSR count). The molecule has 1 unspecified atom stereocenters. The van der Waals surface area contributed by atoms with E-state index in [1.54, 1.807) is 0 Å². The summed E-state index contributed by atoms with van der Waals surface area (Å²) in [6.07, 6.45) is 2.61. The molecular weight excluding hydrogens is 216 g/mol. The number of anilines is 1. The molecule has 1 aromatic heterocycles. The van der Waals surface area contributed by atoms with E-state index in [-0.39, 0.29) is 0 Å². The normalized spacial score (nSPS) is 20.6. The van der Waals surface area contributed by atoms with E-state index in [0.29, 0.717) is 12.6 Å². The number of hydrogen-bond acceptors (Lipinski definition) is 5. The number of aromatic nitrogens is 2. The van der Waals surface area contributed by atoms with Crippen LogP contribution in [-0.4, -0.2) is 36.0 Å². The molecule has 5 heteroatoms. The summed E-state index contributed by atoms with van der Waals surface area (Å²) in [4.78, 5) is 2.23. The summed E-state index contributed by atoms with van der Waals surface area (Å²) in [5, 5.41) is 8.29. The third kappa shape index (κ3) is 3.14. The highest BCUT2D eigenvalue weighted by Gasteiger charge is 2.21. The third-order valence-corrected chi connectivity index (χ3v) is 3.02. The Hall–Kier alpha value is -1.20. The van der Waals surface area contributed by atoms with Gasteiger partial charge in [0.05, 0.1) is 11.8 Å². The maximum absolute atomic E-state index is 5.67. The van der Waals surface area contributed by atoms with E-state index in [2.05, 4.69) is 15.1 Å². The Balaban J connectivity index is 2.00. The SMILES string of the molecule is CCOC1CCCN(c2ccc(CN)nn2)C1. The summed E-state index contributed by atoms with van der Waals surface area (Å²) >= 11 is 0. The Morgan fingerprint density at radius 1 is 1.47 bits per heavy atom. The van der Waals surface area contributed by atoms with Gasteiger partial charge in [0, 0.05) is 26.2 Å². The van der Waals surface area contributed by atoms with E-state index in [1.807, 2.05) is 19.1 Å². The fourth-order valence-electron chi connectivity index (χ4n) is 2.15. The van der Waals surface area contributed by atoms with Crippen LogP contribution >= 0.6 is 0 Å². The van der Waals surface area contributed by atoms with Crippen molar-refractivity contribution in [1.82, 2.24) is 10.2 Å². The smallest absolute Gasteiger partial charge is 0.151 e. The molecular formula is C12H20N4O. The summed E-state index contributed by atoms with van der Waals surface area (Å²) in [5.74, 6) is 0.923. The van der Waals surface area contributed by atoms with Gasteiger partial charge in [0.15, 0.2) is 5.82 Å². The first-order chi connectivity index (χ1) is 8.33. The molecule has 0 aromatic carbocycles. The molecule has 2 heterocycles. The lowest BCUT2D eigenvalue weighted by molar-refractivity contribution is 0.0525. The van der Waals surface area contributed by atoms with Crippen molar-refractivity contribution in [2.75, 3.05) is 24.6 Å². The van der Waals surface area contributed by atoms with Crippen LogP contribution in [-0.2, 0) is 11.3 Å². The largest absolute Gasteiger partial charge is 0.377 e. The second-order valence-electron chi connectivity index (χ2n) is 4.25. The van der Waals surface area contributed by atoms with Crippen molar-refractivity contribution >= 4 is 5.82 Å². The van der Waals surface area contributed by atoms with Crippen LogP contribution in [0.25, 0.3) is 0 Å². The van der Waals surface area contributed by atoms with E-state index in [0.717, 1.165) is 44.0 Å². The van der Waals surface area contributed by atoms with Gasteiger partial charge >= 0.3 is 0 Å². The molecule has 1 fully saturated rings. The molecule has 1 saturated heterocycles. The maximum Gasteiger partial charge on any atom is 0.151 e. The van der Waals surface area contributed by atoms with Crippen molar-refractivity contribution in [2.24, 2.45) is 5.73 Å². The van der Waals surface area contributed by atoms with Crippen LogP contribution < -0.4 is 10.6 Å². The number of rotatable bonds is 4. The van der Waals surface area contributed by atoms with Gasteiger partial charge in [-0.25, -0.2) is 0 Å². The lowest BCUT2D eigenvalue weighted by Gasteiger charge is -2.32. The van der Waals surface area contributed by atoms with Gasteiger partial charge in [-0.1, -0.05) is 0 Å². The Morgan fingerprint density at radius 3 is 3.00 bits per heavy atom. The molecule has 1 atom stereocenters. The molecule has 94 valence electrons. The summed E-state index contributed by atoms with van der Waals surface area (Å²) < 4.78 is 5.67. The second kappa shape index (κ2) is 5.93. The molecule has 0 aliphatic carbocycles. The van der Waals surface area contributed by atoms with E-state index in [1.165, 1.54) is 0 Å². The number of nitrogens with two attached hydrogens (primary N) is 1. The summed E-state index contributed by atoms with van der Waals surface area (Å²) in [6, 6.07) is 3.93. The third-order valence-electron chi connectivity index (χ3n) is 3.02. The summed E-state index contributed by atoms with van der Waals surface area (Å²) in [6.45, 7) is 5.19. The lowest BCUT2D eigenvalue weighted by atomic mass is 10.1. The predicted molar refractivity (Wildman–Crippen MR) is 66.8 cm³/mol. The van der Waals surface area contributed by atoms with E-state index in [4.69, 9.17) is 10.5 Å². The van der Waals surface area contributed by atoms with Crippen molar-refractivity contribution in [2.45, 2.75) is 32.4 Å². The number of nitrogens with zero attached hydrogens (tertiary/aromatic N) is 3. The summed E-state index contributed by atoms with van der Waals surface area (Å²) in [7, 11) is 0. The zero-order valence-electron chi connectivity index (χ0n) is 10.3. The highest BCUT2D eigenvalue weighted by molar-refractivity contribution is 5.38. The standard InChI is InChI=1S/C12H20N4O/c1-2-17-11-4-3-7-16(9-11)12-6-5-10(8-13)14-15-12/h5-6,11H,2-4,7-9,13H2,1H3. The molecule has 0 bridgehead atoms. The number of piperidine rings is 1. The minimum atomic E-state index is 0.324. The van der Waals surface area contributed by atoms with Crippen LogP contribution in [0.2, 0.25) is 0 Å². The Morgan fingerprint density at radius 2 is 2.35 bits per heavy atom. The molecule has 1 aliphatic rings. The van der Waals surface area contributed by atoms with Gasteiger partial charge in [0.25, 0.3) is 0 Å². The van der Waals surface area contributed by atoms with Crippen molar-refractivity contribution in [3.8, 4) is 0 Å². The van der Waals surface area contributed by atoms with Crippen molar-refractivity contribution in [3.63, 3.8) is 0 Å². The number of hydrogen-bond donors (Lipinski definition) is 1. The fourth-order valence-corrected chi connectivity index (χ4v) is 2.15. The van der Waals surface area contributed by atoms with E-state index in [9.17, 15) is 0 Å². The van der Waals surface area contributed by atoms with Gasteiger partial charge < -0.3 is 15.4 Å². The van der Waals surface area contributed by atoms with E-state index >= 15 is 0 Å². The lowest BCUT2D eigenvalue weighted by Crippen LogP contribution is -2.40. The van der Waals surface area contributed by atoms with Crippen LogP contribution in [0.4, 0.5) is 5.82 Å². The Labute approximate surface area is 102 Å². The van der Waals surface area contributed by atoms with Crippen molar-refractivity contribution < 1.29 is 4.74 Å². The van der Waals surface area contributed by atoms with Crippen LogP contribution in [0.5, 0.6) is 0 Å². The molecule has 0 radical (unpaired) electrons. The van der Waals surface area contributed by atoms with Crippen LogP contribution in [0, 0.1) is 0 Å². The molecule has 0 saturated carbocycles. The molecule has 5 nitrogen and oxygen atoms in total. The molecule has 1 aliphatic heterocycles. The maximum atomic E-state index is 5.67. The minimum Gasteiger partial charge on any atom is -0.377 e. The van der Waals surface area contributed by atoms with Crippen molar-refractivity contribution in [1.29, 1.82) is 0 Å². The van der Waals surface area contributed by atoms with Crippen LogP contribution in [0.1, 0.15) is 25.5 Å². The summed E-state index contributed by atoms with van der Waals surface area (Å²) in [5.41, 5.74) is 6.33. The monoisotopic (exact) mass is 236 g/mol. The van der Waals surface area contributed by atoms with Crippen LogP contribution in [0.15, 0.2) is 12.1 Å². The molecule has 1 aromatic rings. The fraction of sp³-hybridized carbons (Fsp3) is 0.667. The van der Waals surface area contributed by atoms with E-state index < -0.39 is 0 Å². The van der Waals surface area contributed by atoms with Gasteiger partial charge in [0.2, 0.25) is 0 Å². The number of ether oxygens (including phenoxy) is 1. The molecule has 17 heavy (non-hydrogen) atoms. The average molecular weight is 236 g/mol. The van der Waals surface area contributed by atoms with Gasteiger partial charge in [-0.3, -0.25) is 0 Å². The molecule has 0 spiro atoms. The predicted octanol–water partition coefficient (Wildman–Crippen LogP) is 0.941. The van der Waals surface area contributed by atoms with Crippen molar-refractivity contribution in [3.05, 3.63) is 17.8 Å². The zero-order chi connectivity index (χ0) is 12.1. The first kappa shape index (κ1) is 12.3. The first-order valence-corrected chi connectivity index (χ1v) is 6.22. The molecule has 0 amide bonds.